The third kappa shape index (κ3) is 2.93. The standard InChI is InChI=1S/C24H25FN4O/c1-3-19-22(16-8-10-17(25)11-9-16)23-26-14-18-21(29(23)27-19)12-13-28(24(18)30)20-7-5-4-6-15(20)2/h8-15,20H,3-7H2,1-2H3/t15-,20-/m1/s1. The Morgan fingerprint density at radius 2 is 1.90 bits per heavy atom. The third-order valence-electron chi connectivity index (χ3n) is 6.50. The van der Waals surface area contributed by atoms with Crippen LogP contribution in [0.4, 0.5) is 4.39 Å². The molecule has 0 aliphatic heterocycles. The number of aryl methyl sites for hydroxylation is 1. The minimum atomic E-state index is -0.274. The average molecular weight is 404 g/mol. The van der Waals surface area contributed by atoms with Crippen molar-refractivity contribution in [3.8, 4) is 11.1 Å². The molecule has 1 fully saturated rings. The molecule has 0 N–H and O–H groups in total. The summed E-state index contributed by atoms with van der Waals surface area (Å²) < 4.78 is 17.1. The molecule has 5 rings (SSSR count). The highest BCUT2D eigenvalue weighted by molar-refractivity contribution is 5.86. The van der Waals surface area contributed by atoms with E-state index in [9.17, 15) is 9.18 Å². The second kappa shape index (κ2) is 7.35. The van der Waals surface area contributed by atoms with Gasteiger partial charge in [-0.2, -0.15) is 5.10 Å². The molecule has 1 aliphatic rings. The Labute approximate surface area is 174 Å². The van der Waals surface area contributed by atoms with Gasteiger partial charge in [-0.3, -0.25) is 4.79 Å². The van der Waals surface area contributed by atoms with E-state index < -0.39 is 0 Å². The zero-order valence-corrected chi connectivity index (χ0v) is 17.3. The normalized spacial score (nSPS) is 19.6. The summed E-state index contributed by atoms with van der Waals surface area (Å²) in [5, 5.41) is 5.35. The van der Waals surface area contributed by atoms with E-state index >= 15 is 0 Å². The predicted molar refractivity (Wildman–Crippen MR) is 116 cm³/mol. The lowest BCUT2D eigenvalue weighted by Gasteiger charge is -2.30. The molecule has 30 heavy (non-hydrogen) atoms. The SMILES string of the molecule is CCc1nn2c(ncc3c(=O)n([C@@H]4CCCC[C@H]4C)ccc32)c1-c1ccc(F)cc1. The first kappa shape index (κ1) is 19.0. The van der Waals surface area contributed by atoms with Crippen LogP contribution < -0.4 is 5.56 Å². The van der Waals surface area contributed by atoms with E-state index in [2.05, 4.69) is 11.9 Å². The van der Waals surface area contributed by atoms with Gasteiger partial charge in [-0.1, -0.05) is 38.8 Å². The summed E-state index contributed by atoms with van der Waals surface area (Å²) in [4.78, 5) is 18.0. The maximum Gasteiger partial charge on any atom is 0.261 e. The molecule has 1 saturated carbocycles. The maximum absolute atomic E-state index is 13.4. The van der Waals surface area contributed by atoms with Crippen molar-refractivity contribution in [1.29, 1.82) is 0 Å². The van der Waals surface area contributed by atoms with Crippen molar-refractivity contribution in [3.05, 3.63) is 64.6 Å². The van der Waals surface area contributed by atoms with Gasteiger partial charge in [-0.05, 0) is 48.9 Å². The Bertz CT molecular complexity index is 1290. The lowest BCUT2D eigenvalue weighted by atomic mass is 9.85. The Kier molecular flexibility index (Phi) is 4.65. The van der Waals surface area contributed by atoms with Crippen molar-refractivity contribution >= 4 is 16.6 Å². The molecule has 0 unspecified atom stereocenters. The van der Waals surface area contributed by atoms with E-state index in [1.807, 2.05) is 23.8 Å². The molecule has 0 amide bonds. The van der Waals surface area contributed by atoms with Crippen molar-refractivity contribution in [3.63, 3.8) is 0 Å². The molecular formula is C24H25FN4O. The molecule has 0 spiro atoms. The number of pyridine rings is 1. The molecule has 2 atom stereocenters. The van der Waals surface area contributed by atoms with E-state index in [1.165, 1.54) is 18.6 Å². The highest BCUT2D eigenvalue weighted by Crippen LogP contribution is 2.33. The molecule has 1 aliphatic carbocycles. The first-order chi connectivity index (χ1) is 14.6. The molecule has 6 heteroatoms. The fraction of sp³-hybridized carbons (Fsp3) is 0.375. The van der Waals surface area contributed by atoms with Gasteiger partial charge < -0.3 is 4.57 Å². The number of nitrogens with zero attached hydrogens (tertiary/aromatic N) is 4. The zero-order chi connectivity index (χ0) is 20.8. The third-order valence-corrected chi connectivity index (χ3v) is 6.50. The number of hydrogen-bond acceptors (Lipinski definition) is 3. The van der Waals surface area contributed by atoms with Gasteiger partial charge in [0.15, 0.2) is 5.65 Å². The van der Waals surface area contributed by atoms with Crippen LogP contribution in [0.15, 0.2) is 47.5 Å². The molecule has 0 bridgehead atoms. The molecule has 0 radical (unpaired) electrons. The summed E-state index contributed by atoms with van der Waals surface area (Å²) in [6.07, 6.45) is 8.91. The van der Waals surface area contributed by atoms with Crippen LogP contribution in [0.25, 0.3) is 27.7 Å². The maximum atomic E-state index is 13.4. The van der Waals surface area contributed by atoms with Crippen LogP contribution in [0, 0.1) is 11.7 Å². The molecule has 3 aromatic heterocycles. The van der Waals surface area contributed by atoms with Crippen LogP contribution in [-0.4, -0.2) is 19.2 Å². The molecule has 0 saturated heterocycles. The fourth-order valence-corrected chi connectivity index (χ4v) is 4.86. The first-order valence-corrected chi connectivity index (χ1v) is 10.8. The van der Waals surface area contributed by atoms with E-state index in [4.69, 9.17) is 5.10 Å². The summed E-state index contributed by atoms with van der Waals surface area (Å²) in [6, 6.07) is 8.62. The van der Waals surface area contributed by atoms with Crippen LogP contribution in [0.1, 0.15) is 51.3 Å². The lowest BCUT2D eigenvalue weighted by Crippen LogP contribution is -2.30. The van der Waals surface area contributed by atoms with E-state index in [0.717, 1.165) is 41.6 Å². The zero-order valence-electron chi connectivity index (χ0n) is 17.3. The summed E-state index contributed by atoms with van der Waals surface area (Å²) in [5.74, 6) is 0.219. The van der Waals surface area contributed by atoms with Gasteiger partial charge in [0, 0.05) is 24.0 Å². The topological polar surface area (TPSA) is 52.2 Å². The minimum Gasteiger partial charge on any atom is -0.312 e. The number of fused-ring (bicyclic) bond motifs is 3. The van der Waals surface area contributed by atoms with Crippen molar-refractivity contribution in [2.24, 2.45) is 5.92 Å². The Balaban J connectivity index is 1.72. The van der Waals surface area contributed by atoms with Crippen LogP contribution in [0.3, 0.4) is 0 Å². The van der Waals surface area contributed by atoms with Gasteiger partial charge in [0.05, 0.1) is 16.6 Å². The molecule has 4 aromatic rings. The highest BCUT2D eigenvalue weighted by atomic mass is 19.1. The quantitative estimate of drug-likeness (QED) is 0.474. The van der Waals surface area contributed by atoms with Crippen molar-refractivity contribution in [1.82, 2.24) is 19.2 Å². The highest BCUT2D eigenvalue weighted by Gasteiger charge is 2.25. The Morgan fingerprint density at radius 1 is 1.13 bits per heavy atom. The van der Waals surface area contributed by atoms with Crippen molar-refractivity contribution in [2.45, 2.75) is 52.0 Å². The monoisotopic (exact) mass is 404 g/mol. The largest absolute Gasteiger partial charge is 0.312 e. The summed E-state index contributed by atoms with van der Waals surface area (Å²) in [5.41, 5.74) is 4.09. The van der Waals surface area contributed by atoms with E-state index in [-0.39, 0.29) is 17.4 Å². The Morgan fingerprint density at radius 3 is 2.63 bits per heavy atom. The van der Waals surface area contributed by atoms with Gasteiger partial charge >= 0.3 is 0 Å². The smallest absolute Gasteiger partial charge is 0.261 e. The van der Waals surface area contributed by atoms with Crippen molar-refractivity contribution in [2.75, 3.05) is 0 Å². The van der Waals surface area contributed by atoms with Gasteiger partial charge in [0.25, 0.3) is 5.56 Å². The molecule has 1 aromatic carbocycles. The number of benzene rings is 1. The Hall–Kier alpha value is -3.02. The van der Waals surface area contributed by atoms with Crippen LogP contribution in [0.5, 0.6) is 0 Å². The van der Waals surface area contributed by atoms with Crippen LogP contribution >= 0.6 is 0 Å². The fourth-order valence-electron chi connectivity index (χ4n) is 4.86. The molecule has 154 valence electrons. The van der Waals surface area contributed by atoms with E-state index in [0.29, 0.717) is 23.4 Å². The predicted octanol–water partition coefficient (Wildman–Crippen LogP) is 5.16. The van der Waals surface area contributed by atoms with Gasteiger partial charge in [0.1, 0.15) is 5.82 Å². The number of rotatable bonds is 3. The molecule has 5 nitrogen and oxygen atoms in total. The molecule has 3 heterocycles. The van der Waals surface area contributed by atoms with Gasteiger partial charge in [0.2, 0.25) is 0 Å². The van der Waals surface area contributed by atoms with Gasteiger partial charge in [-0.25, -0.2) is 13.9 Å². The van der Waals surface area contributed by atoms with Crippen molar-refractivity contribution < 1.29 is 4.39 Å². The number of halogens is 1. The second-order valence-electron chi connectivity index (χ2n) is 8.33. The average Bonchev–Trinajstić information content (AvgIpc) is 3.14. The lowest BCUT2D eigenvalue weighted by molar-refractivity contribution is 0.253. The molecular weight excluding hydrogens is 379 g/mol. The summed E-state index contributed by atoms with van der Waals surface area (Å²) in [7, 11) is 0. The summed E-state index contributed by atoms with van der Waals surface area (Å²) >= 11 is 0. The first-order valence-electron chi connectivity index (χ1n) is 10.8. The van der Waals surface area contributed by atoms with Gasteiger partial charge in [-0.15, -0.1) is 0 Å². The summed E-state index contributed by atoms with van der Waals surface area (Å²) in [6.45, 7) is 4.27. The number of hydrogen-bond donors (Lipinski definition) is 0. The minimum absolute atomic E-state index is 0.00229. The second-order valence-corrected chi connectivity index (χ2v) is 8.33. The van der Waals surface area contributed by atoms with Crippen LogP contribution in [0.2, 0.25) is 0 Å². The van der Waals surface area contributed by atoms with Crippen LogP contribution in [-0.2, 0) is 6.42 Å². The van der Waals surface area contributed by atoms with E-state index in [1.54, 1.807) is 22.8 Å². The number of aromatic nitrogens is 4.